The molecule has 3 heterocycles. The summed E-state index contributed by atoms with van der Waals surface area (Å²) in [6.07, 6.45) is 5.20. The van der Waals surface area contributed by atoms with Crippen LogP contribution in [0, 0.1) is 0 Å². The Hall–Kier alpha value is -3.10. The summed E-state index contributed by atoms with van der Waals surface area (Å²) in [5.74, 6) is 0.771. The second-order valence-corrected chi connectivity index (χ2v) is 10.8. The van der Waals surface area contributed by atoms with Crippen molar-refractivity contribution in [3.05, 3.63) is 78.1 Å². The number of hydrogen-bond donors (Lipinski definition) is 1. The average Bonchev–Trinajstić information content (AvgIpc) is 3.48. The maximum atomic E-state index is 13.1. The zero-order valence-corrected chi connectivity index (χ0v) is 18.9. The summed E-state index contributed by atoms with van der Waals surface area (Å²) >= 11 is 0. The van der Waals surface area contributed by atoms with Gasteiger partial charge < -0.3 is 14.2 Å². The van der Waals surface area contributed by atoms with Gasteiger partial charge in [-0.1, -0.05) is 12.1 Å². The Morgan fingerprint density at radius 3 is 2.45 bits per heavy atom. The maximum Gasteiger partial charge on any atom is 0.253 e. The van der Waals surface area contributed by atoms with E-state index in [1.165, 1.54) is 12.1 Å². The van der Waals surface area contributed by atoms with E-state index in [0.717, 1.165) is 30.0 Å². The molecule has 1 amide bonds. The van der Waals surface area contributed by atoms with Crippen LogP contribution in [0.5, 0.6) is 5.75 Å². The quantitative estimate of drug-likeness (QED) is 0.637. The molecule has 6 rings (SSSR count). The minimum atomic E-state index is -3.52. The van der Waals surface area contributed by atoms with Gasteiger partial charge in [0.1, 0.15) is 5.75 Å². The van der Waals surface area contributed by atoms with Gasteiger partial charge in [-0.25, -0.2) is 13.1 Å². The number of hydrogen-bond acceptors (Lipinski definition) is 4. The highest BCUT2D eigenvalue weighted by Crippen LogP contribution is 2.45. The number of nitrogens with zero attached hydrogens (tertiary/aromatic N) is 2. The highest BCUT2D eigenvalue weighted by Gasteiger charge is 2.44. The van der Waals surface area contributed by atoms with Crippen molar-refractivity contribution in [3.8, 4) is 11.4 Å². The molecule has 2 aliphatic heterocycles. The van der Waals surface area contributed by atoms with Gasteiger partial charge in [0.15, 0.2) is 5.60 Å². The van der Waals surface area contributed by atoms with Gasteiger partial charge in [0.2, 0.25) is 10.0 Å². The molecule has 2 aromatic carbocycles. The molecular formula is C25H27N3O4S. The number of fused-ring (bicyclic) bond motifs is 4. The number of aromatic nitrogens is 1. The van der Waals surface area contributed by atoms with Crippen LogP contribution in [-0.2, 0) is 15.6 Å². The molecule has 33 heavy (non-hydrogen) atoms. The van der Waals surface area contributed by atoms with Crippen molar-refractivity contribution in [3.63, 3.8) is 0 Å². The molecule has 1 spiro atoms. The average molecular weight is 466 g/mol. The molecule has 1 aromatic heterocycles. The van der Waals surface area contributed by atoms with Gasteiger partial charge in [0, 0.05) is 45.2 Å². The number of benzene rings is 2. The van der Waals surface area contributed by atoms with E-state index in [2.05, 4.69) is 21.6 Å². The Labute approximate surface area is 194 Å². The molecule has 8 heteroatoms. The monoisotopic (exact) mass is 465 g/mol. The maximum absolute atomic E-state index is 13.1. The molecule has 2 fully saturated rings. The van der Waals surface area contributed by atoms with Crippen LogP contribution in [0.1, 0.15) is 43.2 Å². The third-order valence-corrected chi connectivity index (χ3v) is 8.35. The number of para-hydroxylation sites is 2. The molecule has 0 unspecified atom stereocenters. The van der Waals surface area contributed by atoms with Gasteiger partial charge in [0.25, 0.3) is 5.91 Å². The fourth-order valence-corrected chi connectivity index (χ4v) is 6.15. The SMILES string of the molecule is O=C(c1ccc(S(=O)(=O)NC2CC2)cc1)N1CCC2(CC1)Oc1ccccc1-n1cccc12.[HH]. The molecular weight excluding hydrogens is 438 g/mol. The van der Waals surface area contributed by atoms with E-state index in [0.29, 0.717) is 31.5 Å². The number of rotatable bonds is 4. The lowest BCUT2D eigenvalue weighted by Gasteiger charge is -2.45. The van der Waals surface area contributed by atoms with Crippen LogP contribution in [0.15, 0.2) is 71.8 Å². The third-order valence-electron chi connectivity index (χ3n) is 6.81. The Morgan fingerprint density at radius 2 is 1.73 bits per heavy atom. The molecule has 1 saturated heterocycles. The number of sulfonamides is 1. The van der Waals surface area contributed by atoms with Crippen LogP contribution in [0.25, 0.3) is 5.69 Å². The summed E-state index contributed by atoms with van der Waals surface area (Å²) in [7, 11) is -3.52. The van der Waals surface area contributed by atoms with Gasteiger partial charge in [-0.3, -0.25) is 4.79 Å². The zero-order chi connectivity index (χ0) is 22.6. The molecule has 1 aliphatic carbocycles. The molecule has 0 atom stereocenters. The number of amides is 1. The van der Waals surface area contributed by atoms with Crippen LogP contribution in [0.3, 0.4) is 0 Å². The highest BCUT2D eigenvalue weighted by molar-refractivity contribution is 7.89. The predicted octanol–water partition coefficient (Wildman–Crippen LogP) is 3.69. The first-order chi connectivity index (χ1) is 16.0. The van der Waals surface area contributed by atoms with E-state index < -0.39 is 15.6 Å². The van der Waals surface area contributed by atoms with Crippen molar-refractivity contribution in [1.82, 2.24) is 14.2 Å². The first kappa shape index (κ1) is 20.5. The van der Waals surface area contributed by atoms with Gasteiger partial charge >= 0.3 is 0 Å². The summed E-state index contributed by atoms with van der Waals surface area (Å²) in [5.41, 5.74) is 2.19. The number of carbonyl (C=O) groups excluding carboxylic acids is 1. The van der Waals surface area contributed by atoms with Gasteiger partial charge in [0.05, 0.1) is 16.3 Å². The van der Waals surface area contributed by atoms with Crippen molar-refractivity contribution in [2.45, 2.75) is 42.2 Å². The van der Waals surface area contributed by atoms with E-state index in [4.69, 9.17) is 4.74 Å². The Bertz CT molecular complexity index is 1320. The largest absolute Gasteiger partial charge is 0.479 e. The van der Waals surface area contributed by atoms with Crippen LogP contribution >= 0.6 is 0 Å². The second kappa shape index (κ2) is 7.46. The van der Waals surface area contributed by atoms with Crippen molar-refractivity contribution >= 4 is 15.9 Å². The molecule has 0 bridgehead atoms. The van der Waals surface area contributed by atoms with Gasteiger partial charge in [-0.15, -0.1) is 0 Å². The Balaban J connectivity index is 0.00000241. The van der Waals surface area contributed by atoms with Crippen molar-refractivity contribution in [2.24, 2.45) is 0 Å². The smallest absolute Gasteiger partial charge is 0.253 e. The fraction of sp³-hybridized carbons (Fsp3) is 0.320. The molecule has 172 valence electrons. The highest BCUT2D eigenvalue weighted by atomic mass is 32.2. The van der Waals surface area contributed by atoms with Crippen molar-refractivity contribution in [1.29, 1.82) is 0 Å². The van der Waals surface area contributed by atoms with Crippen molar-refractivity contribution < 1.29 is 19.4 Å². The summed E-state index contributed by atoms with van der Waals surface area (Å²) in [5, 5.41) is 0. The lowest BCUT2D eigenvalue weighted by atomic mass is 9.86. The number of nitrogens with one attached hydrogen (secondary N) is 1. The first-order valence-electron chi connectivity index (χ1n) is 11.3. The number of ether oxygens (including phenoxy) is 1. The van der Waals surface area contributed by atoms with Crippen LogP contribution in [-0.4, -0.2) is 42.9 Å². The van der Waals surface area contributed by atoms with E-state index in [-0.39, 0.29) is 18.3 Å². The minimum absolute atomic E-state index is 0. The number of piperidine rings is 1. The molecule has 3 aliphatic rings. The molecule has 1 N–H and O–H groups in total. The third kappa shape index (κ3) is 3.54. The summed E-state index contributed by atoms with van der Waals surface area (Å²) < 4.78 is 36.1. The summed E-state index contributed by atoms with van der Waals surface area (Å²) in [6.45, 7) is 1.13. The molecule has 7 nitrogen and oxygen atoms in total. The molecule has 1 saturated carbocycles. The second-order valence-electron chi connectivity index (χ2n) is 9.04. The lowest BCUT2D eigenvalue weighted by molar-refractivity contribution is -0.00931. The van der Waals surface area contributed by atoms with Gasteiger partial charge in [-0.05, 0) is 61.4 Å². The summed E-state index contributed by atoms with van der Waals surface area (Å²) in [4.78, 5) is 15.1. The molecule has 3 aromatic rings. The van der Waals surface area contributed by atoms with E-state index in [9.17, 15) is 13.2 Å². The van der Waals surface area contributed by atoms with Crippen LogP contribution < -0.4 is 9.46 Å². The standard InChI is InChI=1S/C25H25N3O4S.H2/c29-24(18-7-11-20(12-8-18)33(30,31)26-19-9-10-19)27-16-13-25(14-17-27)23-6-3-15-28(23)21-4-1-2-5-22(21)32-25;/h1-8,11-12,15,19,26H,9-10,13-14,16-17H2;1H. The van der Waals surface area contributed by atoms with E-state index >= 15 is 0 Å². The number of carbonyl (C=O) groups is 1. The van der Waals surface area contributed by atoms with Crippen LogP contribution in [0.2, 0.25) is 0 Å². The van der Waals surface area contributed by atoms with E-state index in [1.54, 1.807) is 12.1 Å². The minimum Gasteiger partial charge on any atom is -0.479 e. The van der Waals surface area contributed by atoms with E-state index in [1.807, 2.05) is 35.2 Å². The van der Waals surface area contributed by atoms with Gasteiger partial charge in [-0.2, -0.15) is 0 Å². The predicted molar refractivity (Wildman–Crippen MR) is 125 cm³/mol. The molecule has 0 radical (unpaired) electrons. The number of likely N-dealkylation sites (tertiary alicyclic amines) is 1. The van der Waals surface area contributed by atoms with Crippen LogP contribution in [0.4, 0.5) is 0 Å². The Kier molecular flexibility index (Phi) is 4.64. The normalized spacial score (nSPS) is 19.0. The Morgan fingerprint density at radius 1 is 1.00 bits per heavy atom. The fourth-order valence-electron chi connectivity index (χ4n) is 4.84. The topological polar surface area (TPSA) is 80.6 Å². The zero-order valence-electron chi connectivity index (χ0n) is 18.1. The lowest BCUT2D eigenvalue weighted by Crippen LogP contribution is -2.50. The van der Waals surface area contributed by atoms with Crippen molar-refractivity contribution in [2.75, 3.05) is 13.1 Å². The first-order valence-corrected chi connectivity index (χ1v) is 12.8. The summed E-state index contributed by atoms with van der Waals surface area (Å²) in [6, 6.07) is 18.4.